The van der Waals surface area contributed by atoms with E-state index in [0.717, 1.165) is 6.54 Å². The Hall–Kier alpha value is -1.57. The summed E-state index contributed by atoms with van der Waals surface area (Å²) in [6.07, 6.45) is 1.90. The van der Waals surface area contributed by atoms with Gasteiger partial charge in [0.2, 0.25) is 0 Å². The molecule has 0 aliphatic heterocycles. The van der Waals surface area contributed by atoms with Gasteiger partial charge in [0.1, 0.15) is 0 Å². The van der Waals surface area contributed by atoms with Crippen LogP contribution in [-0.2, 0) is 0 Å². The highest BCUT2D eigenvalue weighted by molar-refractivity contribution is 6.25. The molecule has 1 N–H and O–H groups in total. The van der Waals surface area contributed by atoms with E-state index in [1.54, 1.807) is 5.54 Å². The van der Waals surface area contributed by atoms with E-state index in [9.17, 15) is 0 Å². The average Bonchev–Trinajstić information content (AvgIpc) is 2.46. The van der Waals surface area contributed by atoms with Gasteiger partial charge in [-0.1, -0.05) is 78.3 Å². The standard InChI is InChI=1S/C16H16ClN/c17-12-7-13-18-16(14-8-3-1-4-9-14)15-10-5-2-6-11-15/h1-12,16,18H,13H2/b12-7+. The Labute approximate surface area is 113 Å². The Morgan fingerprint density at radius 1 is 0.889 bits per heavy atom. The molecule has 0 aliphatic carbocycles. The van der Waals surface area contributed by atoms with E-state index in [-0.39, 0.29) is 6.04 Å². The van der Waals surface area contributed by atoms with Crippen LogP contribution in [-0.4, -0.2) is 6.54 Å². The van der Waals surface area contributed by atoms with Crippen LogP contribution < -0.4 is 5.32 Å². The molecule has 2 heteroatoms. The van der Waals surface area contributed by atoms with Crippen molar-refractivity contribution in [2.24, 2.45) is 0 Å². The Morgan fingerprint density at radius 2 is 1.39 bits per heavy atom. The summed E-state index contributed by atoms with van der Waals surface area (Å²) in [5.74, 6) is 0. The van der Waals surface area contributed by atoms with Gasteiger partial charge in [0.05, 0.1) is 6.04 Å². The molecule has 0 atom stereocenters. The van der Waals surface area contributed by atoms with Gasteiger partial charge in [-0.25, -0.2) is 0 Å². The number of nitrogens with one attached hydrogen (secondary N) is 1. The van der Waals surface area contributed by atoms with Crippen molar-refractivity contribution < 1.29 is 0 Å². The maximum atomic E-state index is 5.56. The van der Waals surface area contributed by atoms with Crippen molar-refractivity contribution >= 4 is 11.6 Å². The maximum Gasteiger partial charge on any atom is 0.0579 e. The molecule has 0 fully saturated rings. The van der Waals surface area contributed by atoms with Crippen molar-refractivity contribution in [1.82, 2.24) is 5.32 Å². The Balaban J connectivity index is 2.23. The molecule has 0 aromatic heterocycles. The molecule has 0 bridgehead atoms. The molecule has 0 radical (unpaired) electrons. The van der Waals surface area contributed by atoms with Crippen molar-refractivity contribution in [2.45, 2.75) is 6.04 Å². The summed E-state index contributed by atoms with van der Waals surface area (Å²) in [4.78, 5) is 0. The summed E-state index contributed by atoms with van der Waals surface area (Å²) >= 11 is 5.56. The van der Waals surface area contributed by atoms with Crippen molar-refractivity contribution in [3.63, 3.8) is 0 Å². The molecule has 92 valence electrons. The minimum atomic E-state index is 0.195. The summed E-state index contributed by atoms with van der Waals surface area (Å²) in [5, 5.41) is 3.48. The van der Waals surface area contributed by atoms with Crippen molar-refractivity contribution in [3.05, 3.63) is 83.4 Å². The van der Waals surface area contributed by atoms with Gasteiger partial charge < -0.3 is 5.32 Å². The van der Waals surface area contributed by atoms with Gasteiger partial charge in [0.15, 0.2) is 0 Å². The summed E-state index contributed by atoms with van der Waals surface area (Å²) < 4.78 is 0. The van der Waals surface area contributed by atoms with E-state index in [1.807, 2.05) is 18.2 Å². The lowest BCUT2D eigenvalue weighted by molar-refractivity contribution is 0.653. The molecule has 18 heavy (non-hydrogen) atoms. The Bertz CT molecular complexity index is 439. The number of hydrogen-bond acceptors (Lipinski definition) is 1. The van der Waals surface area contributed by atoms with Crippen LogP contribution in [0.2, 0.25) is 0 Å². The fraction of sp³-hybridized carbons (Fsp3) is 0.125. The summed E-state index contributed by atoms with van der Waals surface area (Å²) in [7, 11) is 0. The third-order valence-electron chi connectivity index (χ3n) is 2.79. The number of hydrogen-bond donors (Lipinski definition) is 1. The van der Waals surface area contributed by atoms with E-state index in [1.165, 1.54) is 11.1 Å². The fourth-order valence-corrected chi connectivity index (χ4v) is 2.04. The lowest BCUT2D eigenvalue weighted by Crippen LogP contribution is -2.22. The topological polar surface area (TPSA) is 12.0 Å². The van der Waals surface area contributed by atoms with Crippen LogP contribution in [0.25, 0.3) is 0 Å². The molecule has 0 unspecified atom stereocenters. The molecule has 0 amide bonds. The van der Waals surface area contributed by atoms with E-state index in [0.29, 0.717) is 0 Å². The van der Waals surface area contributed by atoms with Crippen LogP contribution in [0.15, 0.2) is 72.3 Å². The molecule has 0 saturated heterocycles. The van der Waals surface area contributed by atoms with Crippen LogP contribution in [0.1, 0.15) is 17.2 Å². The van der Waals surface area contributed by atoms with Gasteiger partial charge in [-0.3, -0.25) is 0 Å². The van der Waals surface area contributed by atoms with E-state index in [4.69, 9.17) is 11.6 Å². The molecular formula is C16H16ClN. The molecule has 0 spiro atoms. The monoisotopic (exact) mass is 257 g/mol. The van der Waals surface area contributed by atoms with Gasteiger partial charge in [-0.2, -0.15) is 0 Å². The average molecular weight is 258 g/mol. The first kappa shape index (κ1) is 12.9. The second-order valence-corrected chi connectivity index (χ2v) is 4.28. The van der Waals surface area contributed by atoms with Crippen molar-refractivity contribution in [2.75, 3.05) is 6.54 Å². The minimum absolute atomic E-state index is 0.195. The van der Waals surface area contributed by atoms with E-state index >= 15 is 0 Å². The fourth-order valence-electron chi connectivity index (χ4n) is 1.95. The van der Waals surface area contributed by atoms with Gasteiger partial charge in [-0.05, 0) is 11.1 Å². The highest BCUT2D eigenvalue weighted by atomic mass is 35.5. The molecular weight excluding hydrogens is 242 g/mol. The van der Waals surface area contributed by atoms with Crippen LogP contribution in [0.5, 0.6) is 0 Å². The molecule has 1 nitrogen and oxygen atoms in total. The second kappa shape index (κ2) is 7.00. The van der Waals surface area contributed by atoms with Crippen LogP contribution in [0.4, 0.5) is 0 Å². The lowest BCUT2D eigenvalue weighted by atomic mass is 9.99. The highest BCUT2D eigenvalue weighted by Gasteiger charge is 2.11. The molecule has 2 rings (SSSR count). The summed E-state index contributed by atoms with van der Waals surface area (Å²) in [6.45, 7) is 0.748. The first-order valence-corrected chi connectivity index (χ1v) is 6.44. The first-order chi connectivity index (χ1) is 8.92. The largest absolute Gasteiger partial charge is 0.303 e. The Kier molecular flexibility index (Phi) is 5.00. The molecule has 0 saturated carbocycles. The van der Waals surface area contributed by atoms with E-state index < -0.39 is 0 Å². The predicted octanol–water partition coefficient (Wildman–Crippen LogP) is 4.12. The van der Waals surface area contributed by atoms with E-state index in [2.05, 4.69) is 53.8 Å². The third kappa shape index (κ3) is 3.46. The van der Waals surface area contributed by atoms with Crippen molar-refractivity contribution in [1.29, 1.82) is 0 Å². The smallest absolute Gasteiger partial charge is 0.0579 e. The normalized spacial score (nSPS) is 11.2. The molecule has 0 heterocycles. The van der Waals surface area contributed by atoms with Gasteiger partial charge in [0.25, 0.3) is 0 Å². The second-order valence-electron chi connectivity index (χ2n) is 4.02. The molecule has 0 aliphatic rings. The third-order valence-corrected chi connectivity index (χ3v) is 2.97. The zero-order valence-corrected chi connectivity index (χ0v) is 10.8. The van der Waals surface area contributed by atoms with Crippen molar-refractivity contribution in [3.8, 4) is 0 Å². The zero-order chi connectivity index (χ0) is 12.6. The van der Waals surface area contributed by atoms with Gasteiger partial charge in [-0.15, -0.1) is 0 Å². The lowest BCUT2D eigenvalue weighted by Gasteiger charge is -2.18. The summed E-state index contributed by atoms with van der Waals surface area (Å²) in [5.41, 5.74) is 4.05. The zero-order valence-electron chi connectivity index (χ0n) is 10.1. The number of benzene rings is 2. The highest BCUT2D eigenvalue weighted by Crippen LogP contribution is 2.21. The summed E-state index contributed by atoms with van der Waals surface area (Å²) in [6, 6.07) is 21.0. The minimum Gasteiger partial charge on any atom is -0.303 e. The molecule has 2 aromatic rings. The number of halogens is 1. The van der Waals surface area contributed by atoms with Gasteiger partial charge >= 0.3 is 0 Å². The van der Waals surface area contributed by atoms with Crippen LogP contribution >= 0.6 is 11.6 Å². The van der Waals surface area contributed by atoms with Gasteiger partial charge in [0, 0.05) is 12.1 Å². The Morgan fingerprint density at radius 3 is 1.83 bits per heavy atom. The van der Waals surface area contributed by atoms with Crippen LogP contribution in [0, 0.1) is 0 Å². The predicted molar refractivity (Wildman–Crippen MR) is 77.7 cm³/mol. The molecule has 2 aromatic carbocycles. The first-order valence-electron chi connectivity index (χ1n) is 6.00. The maximum absolute atomic E-state index is 5.56. The quantitative estimate of drug-likeness (QED) is 0.850. The SMILES string of the molecule is Cl/C=C/CNC(c1ccccc1)c1ccccc1. The van der Waals surface area contributed by atoms with Crippen LogP contribution in [0.3, 0.4) is 0 Å². The number of rotatable bonds is 5.